The van der Waals surface area contributed by atoms with Crippen LogP contribution in [0.15, 0.2) is 29.3 Å². The maximum absolute atomic E-state index is 3.95. The fourth-order valence-electron chi connectivity index (χ4n) is 0.976. The number of hydrogen-bond acceptors (Lipinski definition) is 2. The quantitative estimate of drug-likeness (QED) is 0.635. The van der Waals surface area contributed by atoms with Gasteiger partial charge in [-0.2, -0.15) is 0 Å². The highest BCUT2D eigenvalue weighted by atomic mass is 14.8. The van der Waals surface area contributed by atoms with E-state index in [2.05, 4.69) is 10.3 Å². The van der Waals surface area contributed by atoms with E-state index < -0.39 is 0 Å². The Labute approximate surface area is 67.0 Å². The van der Waals surface area contributed by atoms with Gasteiger partial charge in [0.15, 0.2) is 0 Å². The minimum Gasteiger partial charge on any atom is -0.388 e. The summed E-state index contributed by atoms with van der Waals surface area (Å²) in [5.41, 5.74) is 2.23. The third-order valence-electron chi connectivity index (χ3n) is 1.50. The molecule has 2 heteroatoms. The minimum atomic E-state index is 1.11. The average molecular weight is 148 g/mol. The van der Waals surface area contributed by atoms with Crippen molar-refractivity contribution in [2.75, 3.05) is 19.4 Å². The van der Waals surface area contributed by atoms with Gasteiger partial charge < -0.3 is 5.32 Å². The molecule has 0 radical (unpaired) electrons. The SMILES string of the molecule is C/N=C\c1ccccc1NC. The van der Waals surface area contributed by atoms with Gasteiger partial charge in [-0.1, -0.05) is 18.2 Å². The molecule has 0 aliphatic heterocycles. The van der Waals surface area contributed by atoms with Crippen LogP contribution in [-0.4, -0.2) is 20.3 Å². The summed E-state index contributed by atoms with van der Waals surface area (Å²) in [5, 5.41) is 3.09. The van der Waals surface area contributed by atoms with Crippen LogP contribution >= 0.6 is 0 Å². The van der Waals surface area contributed by atoms with Crippen LogP contribution in [0.3, 0.4) is 0 Å². The number of rotatable bonds is 2. The molecule has 0 aliphatic rings. The molecule has 0 saturated carbocycles. The van der Waals surface area contributed by atoms with Crippen molar-refractivity contribution < 1.29 is 0 Å². The lowest BCUT2D eigenvalue weighted by Gasteiger charge is -2.02. The second-order valence-electron chi connectivity index (χ2n) is 2.22. The number of nitrogens with zero attached hydrogens (tertiary/aromatic N) is 1. The van der Waals surface area contributed by atoms with Crippen molar-refractivity contribution in [3.05, 3.63) is 29.8 Å². The number of aliphatic imine (C=N–C) groups is 1. The summed E-state index contributed by atoms with van der Waals surface area (Å²) in [6.45, 7) is 0. The Balaban J connectivity index is 3.02. The molecule has 0 saturated heterocycles. The highest BCUT2D eigenvalue weighted by Gasteiger charge is 1.92. The number of nitrogens with one attached hydrogen (secondary N) is 1. The van der Waals surface area contributed by atoms with E-state index in [1.807, 2.05) is 37.5 Å². The van der Waals surface area contributed by atoms with Gasteiger partial charge in [0.05, 0.1) is 0 Å². The van der Waals surface area contributed by atoms with Crippen molar-refractivity contribution in [1.82, 2.24) is 0 Å². The van der Waals surface area contributed by atoms with Crippen molar-refractivity contribution in [2.24, 2.45) is 4.99 Å². The van der Waals surface area contributed by atoms with E-state index in [1.54, 1.807) is 7.05 Å². The van der Waals surface area contributed by atoms with Crippen LogP contribution in [0.5, 0.6) is 0 Å². The molecule has 1 N–H and O–H groups in total. The predicted octanol–water partition coefficient (Wildman–Crippen LogP) is 1.78. The van der Waals surface area contributed by atoms with E-state index in [9.17, 15) is 0 Å². The van der Waals surface area contributed by atoms with Gasteiger partial charge in [-0.3, -0.25) is 4.99 Å². The van der Waals surface area contributed by atoms with Gasteiger partial charge in [0, 0.05) is 31.6 Å². The van der Waals surface area contributed by atoms with Gasteiger partial charge in [0.1, 0.15) is 0 Å². The first-order valence-electron chi connectivity index (χ1n) is 3.57. The summed E-state index contributed by atoms with van der Waals surface area (Å²) < 4.78 is 0. The van der Waals surface area contributed by atoms with Gasteiger partial charge in [0.25, 0.3) is 0 Å². The molecule has 0 aliphatic carbocycles. The van der Waals surface area contributed by atoms with Gasteiger partial charge in [-0.15, -0.1) is 0 Å². The highest BCUT2D eigenvalue weighted by molar-refractivity contribution is 5.87. The van der Waals surface area contributed by atoms with E-state index in [0.717, 1.165) is 11.3 Å². The molecule has 1 rings (SSSR count). The minimum absolute atomic E-state index is 1.11. The molecule has 1 aromatic rings. The Morgan fingerprint density at radius 2 is 2.09 bits per heavy atom. The molecular weight excluding hydrogens is 136 g/mol. The van der Waals surface area contributed by atoms with E-state index in [0.29, 0.717) is 0 Å². The number of benzene rings is 1. The van der Waals surface area contributed by atoms with Crippen molar-refractivity contribution in [2.45, 2.75) is 0 Å². The molecule has 2 nitrogen and oxygen atoms in total. The molecule has 1 aromatic carbocycles. The zero-order valence-corrected chi connectivity index (χ0v) is 6.83. The van der Waals surface area contributed by atoms with Crippen molar-refractivity contribution in [1.29, 1.82) is 0 Å². The summed E-state index contributed by atoms with van der Waals surface area (Å²) >= 11 is 0. The summed E-state index contributed by atoms with van der Waals surface area (Å²) in [7, 11) is 3.68. The molecule has 0 amide bonds. The van der Waals surface area contributed by atoms with Gasteiger partial charge in [-0.05, 0) is 6.07 Å². The Kier molecular flexibility index (Phi) is 2.66. The van der Waals surface area contributed by atoms with Gasteiger partial charge in [-0.25, -0.2) is 0 Å². The molecule has 0 spiro atoms. The van der Waals surface area contributed by atoms with E-state index in [4.69, 9.17) is 0 Å². The van der Waals surface area contributed by atoms with Gasteiger partial charge >= 0.3 is 0 Å². The van der Waals surface area contributed by atoms with Crippen LogP contribution in [0.25, 0.3) is 0 Å². The van der Waals surface area contributed by atoms with Crippen molar-refractivity contribution in [3.63, 3.8) is 0 Å². The maximum Gasteiger partial charge on any atom is 0.0426 e. The maximum atomic E-state index is 3.95. The smallest absolute Gasteiger partial charge is 0.0426 e. The van der Waals surface area contributed by atoms with E-state index >= 15 is 0 Å². The summed E-state index contributed by atoms with van der Waals surface area (Å²) in [6, 6.07) is 8.05. The monoisotopic (exact) mass is 148 g/mol. The lowest BCUT2D eigenvalue weighted by Crippen LogP contribution is -1.93. The predicted molar refractivity (Wildman–Crippen MR) is 49.5 cm³/mol. The first-order chi connectivity index (χ1) is 5.38. The number of para-hydroxylation sites is 1. The molecule has 0 fully saturated rings. The molecule has 58 valence electrons. The Hall–Kier alpha value is -1.31. The number of hydrogen-bond donors (Lipinski definition) is 1. The third kappa shape index (κ3) is 1.80. The topological polar surface area (TPSA) is 24.4 Å². The van der Waals surface area contributed by atoms with Crippen LogP contribution in [0, 0.1) is 0 Å². The summed E-state index contributed by atoms with van der Waals surface area (Å²) in [4.78, 5) is 3.95. The zero-order valence-electron chi connectivity index (χ0n) is 6.83. The second-order valence-corrected chi connectivity index (χ2v) is 2.22. The third-order valence-corrected chi connectivity index (χ3v) is 1.50. The molecule has 0 aromatic heterocycles. The summed E-state index contributed by atoms with van der Waals surface area (Å²) in [6.07, 6.45) is 1.84. The Morgan fingerprint density at radius 3 is 2.73 bits per heavy atom. The second kappa shape index (κ2) is 3.76. The van der Waals surface area contributed by atoms with Crippen LogP contribution in [0.1, 0.15) is 5.56 Å². The molecule has 0 heterocycles. The fourth-order valence-corrected chi connectivity index (χ4v) is 0.976. The van der Waals surface area contributed by atoms with Gasteiger partial charge in [0.2, 0.25) is 0 Å². The lowest BCUT2D eigenvalue weighted by atomic mass is 10.2. The molecule has 0 unspecified atom stereocenters. The molecule has 11 heavy (non-hydrogen) atoms. The normalized spacial score (nSPS) is 10.4. The zero-order chi connectivity index (χ0) is 8.10. The van der Waals surface area contributed by atoms with E-state index in [-0.39, 0.29) is 0 Å². The molecule has 0 bridgehead atoms. The average Bonchev–Trinajstić information content (AvgIpc) is 2.06. The fraction of sp³-hybridized carbons (Fsp3) is 0.222. The van der Waals surface area contributed by atoms with E-state index in [1.165, 1.54) is 0 Å². The number of anilines is 1. The first kappa shape index (κ1) is 7.79. The molecule has 0 atom stereocenters. The largest absolute Gasteiger partial charge is 0.388 e. The van der Waals surface area contributed by atoms with Crippen LogP contribution in [0.2, 0.25) is 0 Å². The molecular formula is C9H12N2. The van der Waals surface area contributed by atoms with Crippen LogP contribution in [0.4, 0.5) is 5.69 Å². The van der Waals surface area contributed by atoms with Crippen molar-refractivity contribution >= 4 is 11.9 Å². The van der Waals surface area contributed by atoms with Crippen molar-refractivity contribution in [3.8, 4) is 0 Å². The van der Waals surface area contributed by atoms with Crippen LogP contribution < -0.4 is 5.32 Å². The van der Waals surface area contributed by atoms with Crippen LogP contribution in [-0.2, 0) is 0 Å². The Morgan fingerprint density at radius 1 is 1.36 bits per heavy atom. The highest BCUT2D eigenvalue weighted by Crippen LogP contribution is 2.10. The Bertz CT molecular complexity index is 253. The standard InChI is InChI=1S/C9H12N2/c1-10-7-8-5-3-4-6-9(8)11-2/h3-7,11H,1-2H3/b10-7-. The summed E-state index contributed by atoms with van der Waals surface area (Å²) in [5.74, 6) is 0. The first-order valence-corrected chi connectivity index (χ1v) is 3.57. The lowest BCUT2D eigenvalue weighted by molar-refractivity contribution is 1.44.